The molecule has 0 unspecified atom stereocenters. The molecule has 0 aliphatic carbocycles. The lowest BCUT2D eigenvalue weighted by Gasteiger charge is -2.19. The van der Waals surface area contributed by atoms with E-state index in [1.807, 2.05) is 24.3 Å². The Balaban J connectivity index is 1.96. The van der Waals surface area contributed by atoms with Crippen LogP contribution in [0.3, 0.4) is 0 Å². The van der Waals surface area contributed by atoms with Crippen molar-refractivity contribution in [2.24, 2.45) is 0 Å². The SMILES string of the molecule is C=CCN(CCO)C(=O)CCc1nc2ccccc2s1. The van der Waals surface area contributed by atoms with Gasteiger partial charge < -0.3 is 10.0 Å². The fourth-order valence-corrected chi connectivity index (χ4v) is 2.96. The summed E-state index contributed by atoms with van der Waals surface area (Å²) in [6.45, 7) is 4.42. The van der Waals surface area contributed by atoms with E-state index in [2.05, 4.69) is 11.6 Å². The molecule has 0 aliphatic heterocycles. The zero-order chi connectivity index (χ0) is 14.4. The molecule has 4 nitrogen and oxygen atoms in total. The fraction of sp³-hybridized carbons (Fsp3) is 0.333. The molecule has 1 heterocycles. The van der Waals surface area contributed by atoms with E-state index >= 15 is 0 Å². The van der Waals surface area contributed by atoms with E-state index in [1.54, 1.807) is 22.3 Å². The van der Waals surface area contributed by atoms with Crippen LogP contribution in [0.1, 0.15) is 11.4 Å². The molecule has 0 radical (unpaired) electrons. The molecule has 1 N–H and O–H groups in total. The molecule has 0 saturated heterocycles. The molecule has 0 bridgehead atoms. The first-order valence-corrected chi connectivity index (χ1v) is 7.40. The molecule has 1 aromatic carbocycles. The number of hydrogen-bond acceptors (Lipinski definition) is 4. The number of para-hydroxylation sites is 1. The number of aliphatic hydroxyl groups excluding tert-OH is 1. The topological polar surface area (TPSA) is 53.4 Å². The third kappa shape index (κ3) is 3.65. The number of aromatic nitrogens is 1. The molecule has 1 amide bonds. The first-order valence-electron chi connectivity index (χ1n) is 6.58. The van der Waals surface area contributed by atoms with Crippen molar-refractivity contribution in [2.45, 2.75) is 12.8 Å². The Hall–Kier alpha value is -1.72. The Morgan fingerprint density at radius 2 is 2.25 bits per heavy atom. The molecule has 2 rings (SSSR count). The van der Waals surface area contributed by atoms with Crippen molar-refractivity contribution in [1.82, 2.24) is 9.88 Å². The van der Waals surface area contributed by atoms with Gasteiger partial charge in [-0.15, -0.1) is 17.9 Å². The zero-order valence-corrected chi connectivity index (χ0v) is 12.1. The van der Waals surface area contributed by atoms with E-state index in [-0.39, 0.29) is 12.5 Å². The highest BCUT2D eigenvalue weighted by atomic mass is 32.1. The largest absolute Gasteiger partial charge is 0.395 e. The third-order valence-electron chi connectivity index (χ3n) is 2.96. The number of fused-ring (bicyclic) bond motifs is 1. The molecule has 20 heavy (non-hydrogen) atoms. The van der Waals surface area contributed by atoms with Crippen molar-refractivity contribution >= 4 is 27.5 Å². The lowest BCUT2D eigenvalue weighted by atomic mass is 10.2. The number of rotatable bonds is 7. The number of hydrogen-bond donors (Lipinski definition) is 1. The van der Waals surface area contributed by atoms with Crippen molar-refractivity contribution in [1.29, 1.82) is 0 Å². The number of carbonyl (C=O) groups excluding carboxylic acids is 1. The second-order valence-corrected chi connectivity index (χ2v) is 5.54. The van der Waals surface area contributed by atoms with Gasteiger partial charge >= 0.3 is 0 Å². The molecular weight excluding hydrogens is 272 g/mol. The van der Waals surface area contributed by atoms with Gasteiger partial charge in [0.15, 0.2) is 0 Å². The standard InChI is InChI=1S/C15H18N2O2S/c1-2-9-17(10-11-18)15(19)8-7-14-16-12-5-3-4-6-13(12)20-14/h2-6,18H,1,7-11H2. The second kappa shape index (κ2) is 7.17. The van der Waals surface area contributed by atoms with E-state index < -0.39 is 0 Å². The van der Waals surface area contributed by atoms with Gasteiger partial charge in [-0.3, -0.25) is 4.79 Å². The van der Waals surface area contributed by atoms with Gasteiger partial charge in [-0.2, -0.15) is 0 Å². The van der Waals surface area contributed by atoms with E-state index in [1.165, 1.54) is 0 Å². The number of benzene rings is 1. The minimum absolute atomic E-state index is 0.0261. The van der Waals surface area contributed by atoms with Crippen LogP contribution in [0, 0.1) is 0 Å². The van der Waals surface area contributed by atoms with E-state index in [0.29, 0.717) is 25.9 Å². The maximum absolute atomic E-state index is 12.1. The number of nitrogens with zero attached hydrogens (tertiary/aromatic N) is 2. The van der Waals surface area contributed by atoms with Gasteiger partial charge in [0.05, 0.1) is 21.8 Å². The maximum Gasteiger partial charge on any atom is 0.223 e. The Bertz CT molecular complexity index is 561. The number of aliphatic hydroxyl groups is 1. The number of amides is 1. The van der Waals surface area contributed by atoms with Gasteiger partial charge in [0.2, 0.25) is 5.91 Å². The summed E-state index contributed by atoms with van der Waals surface area (Å²) in [7, 11) is 0. The zero-order valence-electron chi connectivity index (χ0n) is 11.3. The van der Waals surface area contributed by atoms with Crippen LogP contribution in [0.15, 0.2) is 36.9 Å². The van der Waals surface area contributed by atoms with Crippen LogP contribution in [-0.2, 0) is 11.2 Å². The van der Waals surface area contributed by atoms with Crippen molar-refractivity contribution in [3.05, 3.63) is 41.9 Å². The molecule has 106 valence electrons. The normalized spacial score (nSPS) is 10.7. The Kier molecular flexibility index (Phi) is 5.26. The van der Waals surface area contributed by atoms with Crippen molar-refractivity contribution in [3.63, 3.8) is 0 Å². The molecule has 0 aliphatic rings. The molecule has 2 aromatic rings. The van der Waals surface area contributed by atoms with Gasteiger partial charge in [-0.25, -0.2) is 4.98 Å². The molecule has 0 atom stereocenters. The Morgan fingerprint density at radius 1 is 1.45 bits per heavy atom. The first-order chi connectivity index (χ1) is 9.74. The van der Waals surface area contributed by atoms with Gasteiger partial charge in [-0.05, 0) is 12.1 Å². The van der Waals surface area contributed by atoms with Crippen molar-refractivity contribution < 1.29 is 9.90 Å². The predicted octanol–water partition coefficient (Wildman–Crippen LogP) is 2.24. The summed E-state index contributed by atoms with van der Waals surface area (Å²) in [6.07, 6.45) is 2.72. The average molecular weight is 290 g/mol. The van der Waals surface area contributed by atoms with Crippen molar-refractivity contribution in [2.75, 3.05) is 19.7 Å². The van der Waals surface area contributed by atoms with Crippen LogP contribution < -0.4 is 0 Å². The van der Waals surface area contributed by atoms with E-state index in [0.717, 1.165) is 15.2 Å². The fourth-order valence-electron chi connectivity index (χ4n) is 1.99. The average Bonchev–Trinajstić information content (AvgIpc) is 2.87. The molecular formula is C15H18N2O2S. The van der Waals surface area contributed by atoms with Crippen LogP contribution in [0.5, 0.6) is 0 Å². The summed E-state index contributed by atoms with van der Waals surface area (Å²) < 4.78 is 1.15. The van der Waals surface area contributed by atoms with Gasteiger partial charge in [0.1, 0.15) is 0 Å². The smallest absolute Gasteiger partial charge is 0.223 e. The minimum atomic E-state index is -0.0271. The highest BCUT2D eigenvalue weighted by Crippen LogP contribution is 2.22. The first kappa shape index (κ1) is 14.7. The second-order valence-electron chi connectivity index (χ2n) is 4.43. The minimum Gasteiger partial charge on any atom is -0.395 e. The van der Waals surface area contributed by atoms with Gasteiger partial charge in [-0.1, -0.05) is 18.2 Å². The quantitative estimate of drug-likeness (QED) is 0.796. The van der Waals surface area contributed by atoms with Crippen molar-refractivity contribution in [3.8, 4) is 0 Å². The van der Waals surface area contributed by atoms with Gasteiger partial charge in [0.25, 0.3) is 0 Å². The van der Waals surface area contributed by atoms with E-state index in [4.69, 9.17) is 5.11 Å². The van der Waals surface area contributed by atoms with E-state index in [9.17, 15) is 4.79 Å². The number of aryl methyl sites for hydroxylation is 1. The monoisotopic (exact) mass is 290 g/mol. The lowest BCUT2D eigenvalue weighted by molar-refractivity contribution is -0.131. The van der Waals surface area contributed by atoms with Crippen LogP contribution in [0.25, 0.3) is 10.2 Å². The number of thiazole rings is 1. The Morgan fingerprint density at radius 3 is 2.95 bits per heavy atom. The third-order valence-corrected chi connectivity index (χ3v) is 4.06. The molecule has 0 fully saturated rings. The number of carbonyl (C=O) groups is 1. The summed E-state index contributed by atoms with van der Waals surface area (Å²) >= 11 is 1.63. The summed E-state index contributed by atoms with van der Waals surface area (Å²) in [5, 5.41) is 9.93. The summed E-state index contributed by atoms with van der Waals surface area (Å²) in [5.41, 5.74) is 0.984. The van der Waals surface area contributed by atoms with Crippen LogP contribution in [-0.4, -0.2) is 40.6 Å². The molecule has 0 saturated carbocycles. The highest BCUT2D eigenvalue weighted by molar-refractivity contribution is 7.18. The molecule has 1 aromatic heterocycles. The summed E-state index contributed by atoms with van der Waals surface area (Å²) in [5.74, 6) is 0.0261. The van der Waals surface area contributed by atoms with Crippen LogP contribution in [0.4, 0.5) is 0 Å². The molecule has 0 spiro atoms. The molecule has 5 heteroatoms. The van der Waals surface area contributed by atoms with Crippen LogP contribution in [0.2, 0.25) is 0 Å². The Labute approximate surface area is 122 Å². The maximum atomic E-state index is 12.1. The summed E-state index contributed by atoms with van der Waals surface area (Å²) in [4.78, 5) is 18.2. The highest BCUT2D eigenvalue weighted by Gasteiger charge is 2.12. The lowest BCUT2D eigenvalue weighted by Crippen LogP contribution is -2.33. The predicted molar refractivity (Wildman–Crippen MR) is 81.8 cm³/mol. The van der Waals surface area contributed by atoms with Crippen LogP contribution >= 0.6 is 11.3 Å². The summed E-state index contributed by atoms with van der Waals surface area (Å²) in [6, 6.07) is 7.97. The van der Waals surface area contributed by atoms with Gasteiger partial charge in [0, 0.05) is 25.9 Å².